The van der Waals surface area contributed by atoms with Crippen molar-refractivity contribution in [3.8, 4) is 0 Å². The molecule has 4 bridgehead atoms. The first-order valence-corrected chi connectivity index (χ1v) is 17.6. The van der Waals surface area contributed by atoms with Crippen LogP contribution in [0.4, 0.5) is 10.5 Å². The van der Waals surface area contributed by atoms with E-state index in [0.717, 1.165) is 28.0 Å². The summed E-state index contributed by atoms with van der Waals surface area (Å²) >= 11 is 3.53. The molecule has 0 aliphatic carbocycles. The van der Waals surface area contributed by atoms with Crippen LogP contribution in [0.25, 0.3) is 0 Å². The van der Waals surface area contributed by atoms with Crippen LogP contribution in [0.5, 0.6) is 0 Å². The number of rotatable bonds is 4. The average molecular weight is 702 g/mol. The number of hydrogen-bond donors (Lipinski definition) is 2. The minimum atomic E-state index is -1.05. The van der Waals surface area contributed by atoms with Gasteiger partial charge in [-0.15, -0.1) is 0 Å². The third-order valence-corrected chi connectivity index (χ3v) is 10.4. The zero-order valence-electron chi connectivity index (χ0n) is 31.1. The molecule has 49 heavy (non-hydrogen) atoms. The Hall–Kier alpha value is -3.35. The third-order valence-electron chi connectivity index (χ3n) is 10.4. The molecule has 0 aromatic heterocycles. The van der Waals surface area contributed by atoms with Crippen molar-refractivity contribution in [2.45, 2.75) is 116 Å². The summed E-state index contributed by atoms with van der Waals surface area (Å²) < 4.78 is 24.0. The highest BCUT2D eigenvalue weighted by atomic mass is 32.1. The fraction of sp³-hybridized carbons (Fsp3) is 0.622. The predicted molar refractivity (Wildman–Crippen MR) is 193 cm³/mol. The lowest BCUT2D eigenvalue weighted by Gasteiger charge is -2.43. The summed E-state index contributed by atoms with van der Waals surface area (Å²) in [6, 6.07) is 3.27. The van der Waals surface area contributed by atoms with Crippen LogP contribution < -0.4 is 10.2 Å². The summed E-state index contributed by atoms with van der Waals surface area (Å²) in [5, 5.41) is 2.97. The van der Waals surface area contributed by atoms with Gasteiger partial charge in [-0.2, -0.15) is 12.6 Å². The molecule has 1 aromatic rings. The maximum absolute atomic E-state index is 14.0. The molecule has 3 aliphatic rings. The van der Waals surface area contributed by atoms with Crippen molar-refractivity contribution in [2.24, 2.45) is 5.92 Å². The number of aryl methyl sites for hydroxylation is 1. The number of benzene rings is 1. The molecule has 11 nitrogen and oxygen atoms in total. The van der Waals surface area contributed by atoms with Gasteiger partial charge in [0.1, 0.15) is 23.9 Å². The number of nitrogens with one attached hydrogen (secondary N) is 1. The normalized spacial score (nSPS) is 32.5. The summed E-state index contributed by atoms with van der Waals surface area (Å²) in [5.41, 5.74) is 3.12. The molecule has 0 spiro atoms. The first kappa shape index (κ1) is 40.1. The maximum atomic E-state index is 14.0. The second-order valence-corrected chi connectivity index (χ2v) is 13.9. The second kappa shape index (κ2) is 16.1. The second-order valence-electron chi connectivity index (χ2n) is 13.9. The lowest BCUT2D eigenvalue weighted by atomic mass is 9.80. The van der Waals surface area contributed by atoms with Gasteiger partial charge >= 0.3 is 12.1 Å². The number of hydrogen-bond acceptors (Lipinski definition) is 9. The van der Waals surface area contributed by atoms with Crippen molar-refractivity contribution in [2.75, 3.05) is 32.4 Å². The number of nitrogens with zero attached hydrogens (tertiary/aromatic N) is 2. The Kier molecular flexibility index (Phi) is 13.2. The Bertz CT molecular complexity index is 1480. The highest BCUT2D eigenvalue weighted by Gasteiger charge is 2.64. The van der Waals surface area contributed by atoms with E-state index in [1.54, 1.807) is 32.2 Å². The van der Waals surface area contributed by atoms with E-state index in [2.05, 4.69) is 24.0 Å². The first-order valence-electron chi connectivity index (χ1n) is 16.7. The van der Waals surface area contributed by atoms with Gasteiger partial charge in [-0.1, -0.05) is 36.8 Å². The highest BCUT2D eigenvalue weighted by Crippen LogP contribution is 2.49. The molecule has 12 heteroatoms. The first-order chi connectivity index (χ1) is 22.9. The molecule has 3 heterocycles. The van der Waals surface area contributed by atoms with Crippen LogP contribution in [0.15, 0.2) is 35.9 Å². The van der Waals surface area contributed by atoms with E-state index in [-0.39, 0.29) is 24.2 Å². The molecule has 4 rings (SSSR count). The summed E-state index contributed by atoms with van der Waals surface area (Å²) in [6.45, 7) is 14.7. The molecule has 8 atom stereocenters. The van der Waals surface area contributed by atoms with Crippen molar-refractivity contribution in [1.29, 1.82) is 0 Å². The van der Waals surface area contributed by atoms with Gasteiger partial charge < -0.3 is 34.1 Å². The topological polar surface area (TPSA) is 127 Å². The van der Waals surface area contributed by atoms with Crippen LogP contribution in [0.3, 0.4) is 0 Å². The number of allylic oxidation sites excluding steroid dienone is 3. The van der Waals surface area contributed by atoms with Crippen LogP contribution in [0.1, 0.15) is 71.1 Å². The smallest absolute Gasteiger partial charge is 0.407 e. The van der Waals surface area contributed by atoms with Crippen molar-refractivity contribution < 1.29 is 38.1 Å². The standard InChI is InChI=1S/C36H51N3O8.CH4S/c1-20-13-12-14-29(44-11)35(7)19-28(45-34(43)37-35)23(4)32-36(8,47-32)30(46-33(42)24(5)38(9)25(6)40)18-31(41)39(10)27-17-26(15-20)16-21(2)22(27)3;1-2/h12-14,16-17,23-24,28-30,32H,15,18-19H2,1-11H3,(H,37,43);2H,1H3/b14-12+,20-13+;/t23-,24-,28+,29?,30?,32+,35?,36+;/m1./s1. The van der Waals surface area contributed by atoms with Gasteiger partial charge in [-0.25, -0.2) is 9.59 Å². The lowest BCUT2D eigenvalue weighted by Crippen LogP contribution is -2.61. The van der Waals surface area contributed by atoms with Crippen LogP contribution in [-0.2, 0) is 39.8 Å². The number of thiol groups is 1. The molecule has 3 amide bonds. The summed E-state index contributed by atoms with van der Waals surface area (Å²) in [6.07, 6.45) is 5.53. The van der Waals surface area contributed by atoms with Crippen molar-refractivity contribution >= 4 is 42.2 Å². The molecule has 3 unspecified atom stereocenters. The van der Waals surface area contributed by atoms with Crippen LogP contribution in [-0.4, -0.2) is 97.8 Å². The summed E-state index contributed by atoms with van der Waals surface area (Å²) in [7, 11) is 4.86. The van der Waals surface area contributed by atoms with Crippen LogP contribution in [0.2, 0.25) is 0 Å². The van der Waals surface area contributed by atoms with Gasteiger partial charge in [0.15, 0.2) is 0 Å². The van der Waals surface area contributed by atoms with E-state index >= 15 is 0 Å². The molecule has 1 N–H and O–H groups in total. The van der Waals surface area contributed by atoms with Crippen LogP contribution >= 0.6 is 12.6 Å². The number of epoxide rings is 1. The average Bonchev–Trinajstić information content (AvgIpc) is 3.74. The minimum absolute atomic E-state index is 0.153. The highest BCUT2D eigenvalue weighted by molar-refractivity contribution is 7.79. The molecule has 2 fully saturated rings. The van der Waals surface area contributed by atoms with Gasteiger partial charge in [-0.05, 0) is 77.0 Å². The zero-order valence-corrected chi connectivity index (χ0v) is 32.0. The molecular weight excluding hydrogens is 646 g/mol. The molecule has 0 radical (unpaired) electrons. The third kappa shape index (κ3) is 8.88. The number of likely N-dealkylation sites (N-methyl/N-ethyl adjacent to an activating group) is 1. The Morgan fingerprint density at radius 3 is 2.43 bits per heavy atom. The number of carbonyl (C=O) groups excluding carboxylic acids is 4. The molecule has 3 aliphatic heterocycles. The van der Waals surface area contributed by atoms with E-state index in [0.29, 0.717) is 12.8 Å². The van der Waals surface area contributed by atoms with Gasteiger partial charge in [0, 0.05) is 46.2 Å². The van der Waals surface area contributed by atoms with E-state index in [9.17, 15) is 19.2 Å². The van der Waals surface area contributed by atoms with Crippen molar-refractivity contribution in [3.63, 3.8) is 0 Å². The number of fused-ring (bicyclic) bond motifs is 5. The molecular formula is C37H55N3O8S. The van der Waals surface area contributed by atoms with E-state index in [1.807, 2.05) is 65.8 Å². The van der Waals surface area contributed by atoms with Crippen molar-refractivity contribution in [3.05, 3.63) is 52.6 Å². The number of alkyl carbamates (subject to hydrolysis) is 1. The number of carbonyl (C=O) groups is 4. The van der Waals surface area contributed by atoms with E-state index in [4.69, 9.17) is 18.9 Å². The largest absolute Gasteiger partial charge is 0.457 e. The van der Waals surface area contributed by atoms with E-state index in [1.165, 1.54) is 18.9 Å². The lowest BCUT2D eigenvalue weighted by molar-refractivity contribution is -0.161. The Balaban J connectivity index is 0.00000319. The number of methoxy groups -OCH3 is 1. The van der Waals surface area contributed by atoms with Gasteiger partial charge in [0.25, 0.3) is 0 Å². The van der Waals surface area contributed by atoms with Gasteiger partial charge in [-0.3, -0.25) is 9.59 Å². The Morgan fingerprint density at radius 2 is 1.82 bits per heavy atom. The predicted octanol–water partition coefficient (Wildman–Crippen LogP) is 5.11. The number of esters is 1. The SMILES string of the molecule is COC1/C=C/C=C(\C)Cc2cc(C)c(C)c(c2)N(C)C(=O)CC(OC(=O)[C@@H](C)N(C)C(C)=O)[C@]2(C)O[C@H]2[C@H](C)[C@@H]2CC1(C)NC(=O)O2.CS. The minimum Gasteiger partial charge on any atom is -0.457 e. The quantitative estimate of drug-likeness (QED) is 0.252. The maximum Gasteiger partial charge on any atom is 0.407 e. The zero-order chi connectivity index (χ0) is 37.0. The Labute approximate surface area is 297 Å². The number of anilines is 1. The fourth-order valence-corrected chi connectivity index (χ4v) is 6.79. The molecule has 272 valence electrons. The number of amides is 3. The molecule has 1 aromatic carbocycles. The van der Waals surface area contributed by atoms with Gasteiger partial charge in [0.2, 0.25) is 11.8 Å². The van der Waals surface area contributed by atoms with Crippen LogP contribution in [0, 0.1) is 19.8 Å². The molecule has 2 saturated heterocycles. The summed E-state index contributed by atoms with van der Waals surface area (Å²) in [5.74, 6) is -1.50. The number of ether oxygens (including phenoxy) is 4. The fourth-order valence-electron chi connectivity index (χ4n) is 6.79. The molecule has 0 saturated carbocycles. The summed E-state index contributed by atoms with van der Waals surface area (Å²) in [4.78, 5) is 55.2. The Morgan fingerprint density at radius 1 is 1.16 bits per heavy atom. The van der Waals surface area contributed by atoms with Gasteiger partial charge in [0.05, 0.1) is 24.2 Å². The van der Waals surface area contributed by atoms with E-state index < -0.39 is 53.7 Å². The van der Waals surface area contributed by atoms with Crippen molar-refractivity contribution in [1.82, 2.24) is 10.2 Å². The monoisotopic (exact) mass is 701 g/mol.